The van der Waals surface area contributed by atoms with Gasteiger partial charge in [-0.25, -0.2) is 0 Å². The molecule has 0 fully saturated rings. The number of hydrogen-bond acceptors (Lipinski definition) is 3. The number of hydrogen-bond donors (Lipinski definition) is 1. The van der Waals surface area contributed by atoms with Gasteiger partial charge in [0, 0.05) is 0 Å². The van der Waals surface area contributed by atoms with E-state index < -0.39 is 0 Å². The lowest BCUT2D eigenvalue weighted by atomic mass is 9.82. The Hall–Kier alpha value is -1.84. The van der Waals surface area contributed by atoms with Crippen LogP contribution in [0.3, 0.4) is 0 Å². The second kappa shape index (κ2) is 6.29. The first kappa shape index (κ1) is 15.5. The van der Waals surface area contributed by atoms with Crippen molar-refractivity contribution in [1.82, 2.24) is 15.4 Å². The Balaban J connectivity index is 2.33. The van der Waals surface area contributed by atoms with E-state index in [1.807, 2.05) is 0 Å². The molecule has 0 bridgehead atoms. The molecule has 0 radical (unpaired) electrons. The van der Waals surface area contributed by atoms with Crippen molar-refractivity contribution in [3.8, 4) is 5.75 Å². The molecular formula is C17H25N3O. The summed E-state index contributed by atoms with van der Waals surface area (Å²) in [5, 5.41) is 10.7. The highest BCUT2D eigenvalue weighted by atomic mass is 16.5. The van der Waals surface area contributed by atoms with Crippen LogP contribution in [0.25, 0.3) is 0 Å². The van der Waals surface area contributed by atoms with Gasteiger partial charge in [0.2, 0.25) is 0 Å². The summed E-state index contributed by atoms with van der Waals surface area (Å²) >= 11 is 0. The molecule has 0 spiro atoms. The zero-order chi connectivity index (χ0) is 15.5. The lowest BCUT2D eigenvalue weighted by Crippen LogP contribution is -2.14. The molecule has 4 nitrogen and oxygen atoms in total. The molecule has 2 rings (SSSR count). The maximum Gasteiger partial charge on any atom is 0.122 e. The molecule has 0 aliphatic carbocycles. The number of aromatic nitrogens is 3. The average molecular weight is 287 g/mol. The van der Waals surface area contributed by atoms with Crippen molar-refractivity contribution in [3.05, 3.63) is 41.2 Å². The molecule has 2 aromatic rings. The largest absolute Gasteiger partial charge is 0.496 e. The molecule has 21 heavy (non-hydrogen) atoms. The summed E-state index contributed by atoms with van der Waals surface area (Å²) in [6.45, 7) is 8.86. The molecule has 1 N–H and O–H groups in total. The molecule has 1 aromatic heterocycles. The fourth-order valence-electron chi connectivity index (χ4n) is 2.64. The molecule has 0 aliphatic rings. The van der Waals surface area contributed by atoms with Crippen LogP contribution < -0.4 is 4.74 Å². The predicted octanol–water partition coefficient (Wildman–Crippen LogP) is 3.85. The van der Waals surface area contributed by atoms with Crippen LogP contribution in [0.2, 0.25) is 0 Å². The fraction of sp³-hybridized carbons (Fsp3) is 0.529. The maximum absolute atomic E-state index is 5.52. The average Bonchev–Trinajstić information content (AvgIpc) is 2.96. The fourth-order valence-corrected chi connectivity index (χ4v) is 2.64. The number of nitrogens with one attached hydrogen (secondary N) is 1. The molecule has 0 saturated heterocycles. The molecule has 1 unspecified atom stereocenters. The molecule has 1 aromatic carbocycles. The first-order chi connectivity index (χ1) is 9.95. The minimum atomic E-state index is 0.0630. The van der Waals surface area contributed by atoms with Gasteiger partial charge in [0.1, 0.15) is 5.75 Å². The van der Waals surface area contributed by atoms with Crippen molar-refractivity contribution in [2.75, 3.05) is 7.11 Å². The molecule has 0 saturated carbocycles. The summed E-state index contributed by atoms with van der Waals surface area (Å²) in [5.74, 6) is 1.41. The summed E-state index contributed by atoms with van der Waals surface area (Å²) in [6.07, 6.45) is 3.78. The molecule has 114 valence electrons. The Labute approximate surface area is 126 Å². The summed E-state index contributed by atoms with van der Waals surface area (Å²) in [6, 6.07) is 6.54. The van der Waals surface area contributed by atoms with E-state index in [0.29, 0.717) is 5.92 Å². The van der Waals surface area contributed by atoms with Crippen LogP contribution in [0, 0.1) is 0 Å². The molecule has 1 heterocycles. The van der Waals surface area contributed by atoms with Crippen molar-refractivity contribution in [2.24, 2.45) is 0 Å². The number of H-pyrrole nitrogens is 1. The molecule has 0 amide bonds. The van der Waals surface area contributed by atoms with Crippen LogP contribution in [0.1, 0.15) is 56.9 Å². The Morgan fingerprint density at radius 2 is 2.05 bits per heavy atom. The van der Waals surface area contributed by atoms with Crippen LogP contribution in [-0.4, -0.2) is 22.5 Å². The van der Waals surface area contributed by atoms with E-state index in [2.05, 4.69) is 61.3 Å². The number of rotatable bonds is 5. The van der Waals surface area contributed by atoms with Gasteiger partial charge in [-0.1, -0.05) is 39.8 Å². The zero-order valence-corrected chi connectivity index (χ0v) is 13.6. The molecule has 1 atom stereocenters. The Morgan fingerprint density at radius 3 is 2.57 bits per heavy atom. The number of nitrogens with zero attached hydrogens (tertiary/aromatic N) is 2. The topological polar surface area (TPSA) is 50.8 Å². The third kappa shape index (κ3) is 3.63. The van der Waals surface area contributed by atoms with Gasteiger partial charge in [0.05, 0.1) is 19.0 Å². The van der Waals surface area contributed by atoms with Gasteiger partial charge in [-0.3, -0.25) is 0 Å². The smallest absolute Gasteiger partial charge is 0.122 e. The van der Waals surface area contributed by atoms with E-state index in [9.17, 15) is 0 Å². The monoisotopic (exact) mass is 287 g/mol. The number of benzene rings is 1. The molecule has 0 aliphatic heterocycles. The summed E-state index contributed by atoms with van der Waals surface area (Å²) in [5.41, 5.74) is 3.66. The first-order valence-corrected chi connectivity index (χ1v) is 7.48. The van der Waals surface area contributed by atoms with Crippen molar-refractivity contribution >= 4 is 0 Å². The minimum Gasteiger partial charge on any atom is -0.496 e. The molecular weight excluding hydrogens is 262 g/mol. The highest BCUT2D eigenvalue weighted by Crippen LogP contribution is 2.35. The van der Waals surface area contributed by atoms with Crippen LogP contribution in [0.15, 0.2) is 24.4 Å². The van der Waals surface area contributed by atoms with Gasteiger partial charge in [0.15, 0.2) is 0 Å². The van der Waals surface area contributed by atoms with Crippen molar-refractivity contribution in [1.29, 1.82) is 0 Å². The van der Waals surface area contributed by atoms with Crippen LogP contribution in [0.5, 0.6) is 5.75 Å². The van der Waals surface area contributed by atoms with E-state index in [-0.39, 0.29) is 5.41 Å². The van der Waals surface area contributed by atoms with Gasteiger partial charge in [-0.05, 0) is 41.4 Å². The van der Waals surface area contributed by atoms with Gasteiger partial charge in [0.25, 0.3) is 0 Å². The highest BCUT2D eigenvalue weighted by molar-refractivity contribution is 5.42. The number of ether oxygens (including phenoxy) is 1. The quantitative estimate of drug-likeness (QED) is 0.908. The Bertz CT molecular complexity index is 570. The highest BCUT2D eigenvalue weighted by Gasteiger charge is 2.21. The molecule has 4 heteroatoms. The number of methoxy groups -OCH3 is 1. The number of aromatic amines is 1. The van der Waals surface area contributed by atoms with Crippen molar-refractivity contribution in [3.63, 3.8) is 0 Å². The van der Waals surface area contributed by atoms with E-state index >= 15 is 0 Å². The second-order valence-electron chi connectivity index (χ2n) is 6.48. The van der Waals surface area contributed by atoms with Crippen molar-refractivity contribution < 1.29 is 4.74 Å². The predicted molar refractivity (Wildman–Crippen MR) is 84.8 cm³/mol. The summed E-state index contributed by atoms with van der Waals surface area (Å²) < 4.78 is 5.52. The Kier molecular flexibility index (Phi) is 4.66. The van der Waals surface area contributed by atoms with Crippen molar-refractivity contribution in [2.45, 2.75) is 51.9 Å². The Morgan fingerprint density at radius 1 is 1.29 bits per heavy atom. The standard InChI is InChI=1S/C17H25N3O/c1-6-12(9-14-11-18-20-19-14)13-7-8-16(21-5)15(10-13)17(2,3)4/h7-8,10-12H,6,9H2,1-5H3,(H,18,19,20). The van der Waals surface area contributed by atoms with Gasteiger partial charge in [-0.2, -0.15) is 15.4 Å². The van der Waals surface area contributed by atoms with E-state index in [1.54, 1.807) is 13.3 Å². The minimum absolute atomic E-state index is 0.0630. The van der Waals surface area contributed by atoms with E-state index in [1.165, 1.54) is 11.1 Å². The van der Waals surface area contributed by atoms with Crippen LogP contribution in [0.4, 0.5) is 0 Å². The zero-order valence-electron chi connectivity index (χ0n) is 13.6. The summed E-state index contributed by atoms with van der Waals surface area (Å²) in [4.78, 5) is 0. The van der Waals surface area contributed by atoms with Gasteiger partial charge in [-0.15, -0.1) is 0 Å². The summed E-state index contributed by atoms with van der Waals surface area (Å²) in [7, 11) is 1.73. The third-order valence-corrected chi connectivity index (χ3v) is 3.92. The lowest BCUT2D eigenvalue weighted by molar-refractivity contribution is 0.397. The first-order valence-electron chi connectivity index (χ1n) is 7.48. The van der Waals surface area contributed by atoms with Gasteiger partial charge >= 0.3 is 0 Å². The van der Waals surface area contributed by atoms with Crippen LogP contribution in [-0.2, 0) is 11.8 Å². The SMILES string of the molecule is CCC(Cc1cn[nH]n1)c1ccc(OC)c(C(C)(C)C)c1. The maximum atomic E-state index is 5.52. The second-order valence-corrected chi connectivity index (χ2v) is 6.48. The normalized spacial score (nSPS) is 13.2. The van der Waals surface area contributed by atoms with Crippen LogP contribution >= 0.6 is 0 Å². The van der Waals surface area contributed by atoms with Gasteiger partial charge < -0.3 is 4.74 Å². The lowest BCUT2D eigenvalue weighted by Gasteiger charge is -2.24. The van der Waals surface area contributed by atoms with E-state index in [4.69, 9.17) is 4.74 Å². The third-order valence-electron chi connectivity index (χ3n) is 3.92. The van der Waals surface area contributed by atoms with E-state index in [0.717, 1.165) is 24.3 Å².